The maximum atomic E-state index is 13.9. The van der Waals surface area contributed by atoms with E-state index in [1.165, 1.54) is 6.07 Å². The van der Waals surface area contributed by atoms with E-state index in [2.05, 4.69) is 5.32 Å². The second-order valence-electron chi connectivity index (χ2n) is 6.87. The first-order valence-corrected chi connectivity index (χ1v) is 9.22. The average Bonchev–Trinajstić information content (AvgIpc) is 2.72. The van der Waals surface area contributed by atoms with E-state index < -0.39 is 47.4 Å². The lowest BCUT2D eigenvalue weighted by Gasteiger charge is -2.34. The predicted molar refractivity (Wildman–Crippen MR) is 106 cm³/mol. The lowest BCUT2D eigenvalue weighted by atomic mass is 10.1. The van der Waals surface area contributed by atoms with Gasteiger partial charge in [-0.25, -0.2) is 4.39 Å². The Kier molecular flexibility index (Phi) is 6.46. The van der Waals surface area contributed by atoms with Gasteiger partial charge < -0.3 is 25.8 Å². The van der Waals surface area contributed by atoms with Crippen molar-refractivity contribution in [2.75, 3.05) is 23.4 Å². The van der Waals surface area contributed by atoms with Crippen molar-refractivity contribution in [1.82, 2.24) is 0 Å². The van der Waals surface area contributed by atoms with Crippen molar-refractivity contribution in [1.29, 1.82) is 5.41 Å². The summed E-state index contributed by atoms with van der Waals surface area (Å²) in [7, 11) is 0. The minimum atomic E-state index is -4.54. The molecule has 0 radical (unpaired) electrons. The van der Waals surface area contributed by atoms with E-state index in [0.717, 1.165) is 41.3 Å². The fraction of sp³-hybridized carbons (Fsp3) is 0.250. The van der Waals surface area contributed by atoms with Crippen LogP contribution in [0.1, 0.15) is 11.1 Å². The van der Waals surface area contributed by atoms with Crippen molar-refractivity contribution >= 4 is 29.0 Å². The van der Waals surface area contributed by atoms with Gasteiger partial charge in [-0.2, -0.15) is 13.2 Å². The Labute approximate surface area is 179 Å². The van der Waals surface area contributed by atoms with Crippen LogP contribution in [0.2, 0.25) is 0 Å². The Morgan fingerprint density at radius 1 is 1.25 bits per heavy atom. The molecule has 8 nitrogen and oxygen atoms in total. The van der Waals surface area contributed by atoms with Crippen molar-refractivity contribution < 1.29 is 37.0 Å². The van der Waals surface area contributed by atoms with Gasteiger partial charge in [-0.3, -0.25) is 15.0 Å². The van der Waals surface area contributed by atoms with Crippen LogP contribution in [0.15, 0.2) is 42.5 Å². The summed E-state index contributed by atoms with van der Waals surface area (Å²) in [6, 6.07) is 7.14. The van der Waals surface area contributed by atoms with Gasteiger partial charge in [-0.05, 0) is 42.5 Å². The standard InChI is InChI=1S/C20H18F4N4O4/c21-14-9-11(3-6-13(14)17(25)26)27-18(30)15(29)16-19(31)28(7-8-32-16)12-4-1-10(2-5-12)20(22,23)24/h1-6,9,15-16,29H,7-8H2,(H3,25,26)(H,27,30)/t15?,16-/m1/s1. The number of amidine groups is 1. The lowest BCUT2D eigenvalue weighted by Crippen LogP contribution is -2.55. The van der Waals surface area contributed by atoms with Crippen LogP contribution in [-0.4, -0.2) is 48.1 Å². The van der Waals surface area contributed by atoms with E-state index in [0.29, 0.717) is 0 Å². The first-order valence-electron chi connectivity index (χ1n) is 9.22. The monoisotopic (exact) mass is 454 g/mol. The molecule has 170 valence electrons. The lowest BCUT2D eigenvalue weighted by molar-refractivity contribution is -0.150. The third-order valence-corrected chi connectivity index (χ3v) is 4.71. The number of carbonyl (C=O) groups is 2. The molecule has 1 saturated heterocycles. The molecule has 0 saturated carbocycles. The van der Waals surface area contributed by atoms with Crippen LogP contribution in [-0.2, 0) is 20.5 Å². The Bertz CT molecular complexity index is 1040. The molecular formula is C20H18F4N4O4. The van der Waals surface area contributed by atoms with Gasteiger partial charge in [0.05, 0.1) is 17.7 Å². The summed E-state index contributed by atoms with van der Waals surface area (Å²) in [5, 5.41) is 19.8. The molecule has 1 fully saturated rings. The van der Waals surface area contributed by atoms with Crippen LogP contribution in [0.5, 0.6) is 0 Å². The van der Waals surface area contributed by atoms with Crippen LogP contribution < -0.4 is 16.0 Å². The summed E-state index contributed by atoms with van der Waals surface area (Å²) in [6.45, 7) is -0.0730. The zero-order chi connectivity index (χ0) is 23.6. The van der Waals surface area contributed by atoms with Gasteiger partial charge in [0, 0.05) is 17.9 Å². The number of nitrogens with two attached hydrogens (primary N) is 1. The van der Waals surface area contributed by atoms with Crippen LogP contribution in [0, 0.1) is 11.2 Å². The number of nitrogens with zero attached hydrogens (tertiary/aromatic N) is 1. The van der Waals surface area contributed by atoms with Crippen molar-refractivity contribution in [3.05, 3.63) is 59.4 Å². The van der Waals surface area contributed by atoms with Gasteiger partial charge in [0.1, 0.15) is 11.7 Å². The molecule has 2 aromatic carbocycles. The molecule has 12 heteroatoms. The minimum Gasteiger partial charge on any atom is -0.384 e. The molecule has 2 aromatic rings. The number of morpholine rings is 1. The topological polar surface area (TPSA) is 129 Å². The zero-order valence-corrected chi connectivity index (χ0v) is 16.3. The quantitative estimate of drug-likeness (QED) is 0.312. The van der Waals surface area contributed by atoms with Gasteiger partial charge >= 0.3 is 6.18 Å². The van der Waals surface area contributed by atoms with Gasteiger partial charge in [0.15, 0.2) is 12.2 Å². The highest BCUT2D eigenvalue weighted by molar-refractivity contribution is 6.04. The first-order chi connectivity index (χ1) is 15.0. The molecule has 2 atom stereocenters. The summed E-state index contributed by atoms with van der Waals surface area (Å²) in [6.07, 6.45) is -8.13. The number of hydrogen-bond acceptors (Lipinski definition) is 5. The number of alkyl halides is 3. The molecule has 0 bridgehead atoms. The summed E-state index contributed by atoms with van der Waals surface area (Å²) in [5.41, 5.74) is 4.24. The third-order valence-electron chi connectivity index (χ3n) is 4.71. The highest BCUT2D eigenvalue weighted by atomic mass is 19.4. The fourth-order valence-corrected chi connectivity index (χ4v) is 3.08. The van der Waals surface area contributed by atoms with E-state index >= 15 is 0 Å². The summed E-state index contributed by atoms with van der Waals surface area (Å²) >= 11 is 0. The molecule has 1 heterocycles. The van der Waals surface area contributed by atoms with Crippen LogP contribution in [0.25, 0.3) is 0 Å². The zero-order valence-electron chi connectivity index (χ0n) is 16.3. The number of benzene rings is 2. The molecule has 3 rings (SSSR count). The second-order valence-corrected chi connectivity index (χ2v) is 6.87. The number of anilines is 2. The molecule has 32 heavy (non-hydrogen) atoms. The molecule has 0 aliphatic carbocycles. The smallest absolute Gasteiger partial charge is 0.384 e. The van der Waals surface area contributed by atoms with E-state index in [1.54, 1.807) is 0 Å². The van der Waals surface area contributed by atoms with Crippen molar-refractivity contribution in [3.63, 3.8) is 0 Å². The maximum absolute atomic E-state index is 13.9. The molecular weight excluding hydrogens is 436 g/mol. The number of ether oxygens (including phenoxy) is 1. The van der Waals surface area contributed by atoms with Crippen LogP contribution >= 0.6 is 0 Å². The summed E-state index contributed by atoms with van der Waals surface area (Å²) < 4.78 is 57.4. The van der Waals surface area contributed by atoms with E-state index in [-0.39, 0.29) is 30.1 Å². The third kappa shape index (κ3) is 4.86. The van der Waals surface area contributed by atoms with Crippen molar-refractivity contribution in [2.24, 2.45) is 5.73 Å². The Morgan fingerprint density at radius 2 is 1.91 bits per heavy atom. The average molecular weight is 454 g/mol. The van der Waals surface area contributed by atoms with Gasteiger partial charge in [0.25, 0.3) is 11.8 Å². The Morgan fingerprint density at radius 3 is 2.47 bits per heavy atom. The highest BCUT2D eigenvalue weighted by Gasteiger charge is 2.39. The van der Waals surface area contributed by atoms with E-state index in [4.69, 9.17) is 15.9 Å². The molecule has 0 aromatic heterocycles. The number of aliphatic hydroxyl groups excluding tert-OH is 1. The molecule has 1 aliphatic rings. The normalized spacial score (nSPS) is 17.7. The van der Waals surface area contributed by atoms with Gasteiger partial charge in [0.2, 0.25) is 0 Å². The largest absolute Gasteiger partial charge is 0.416 e. The number of amides is 2. The molecule has 1 unspecified atom stereocenters. The van der Waals surface area contributed by atoms with Crippen molar-refractivity contribution in [2.45, 2.75) is 18.4 Å². The Hall–Kier alpha value is -3.51. The predicted octanol–water partition coefficient (Wildman–Crippen LogP) is 1.86. The van der Waals surface area contributed by atoms with Crippen LogP contribution in [0.4, 0.5) is 28.9 Å². The van der Waals surface area contributed by atoms with Crippen molar-refractivity contribution in [3.8, 4) is 0 Å². The number of hydrogen-bond donors (Lipinski definition) is 4. The number of halogens is 4. The minimum absolute atomic E-state index is 0.00670. The number of nitrogens with one attached hydrogen (secondary N) is 2. The number of aliphatic hydroxyl groups is 1. The van der Waals surface area contributed by atoms with E-state index in [9.17, 15) is 32.3 Å². The molecule has 5 N–H and O–H groups in total. The summed E-state index contributed by atoms with van der Waals surface area (Å²) in [5.74, 6) is -3.27. The molecule has 2 amide bonds. The van der Waals surface area contributed by atoms with Gasteiger partial charge in [-0.1, -0.05) is 0 Å². The SMILES string of the molecule is N=C(N)c1ccc(NC(=O)C(O)[C@H]2OCCN(c3ccc(C(F)(F)F)cc3)C2=O)cc1F. The highest BCUT2D eigenvalue weighted by Crippen LogP contribution is 2.31. The number of rotatable bonds is 5. The second kappa shape index (κ2) is 8.93. The van der Waals surface area contributed by atoms with Crippen LogP contribution in [0.3, 0.4) is 0 Å². The number of nitrogen functional groups attached to an aromatic ring is 1. The first kappa shape index (κ1) is 23.2. The summed E-state index contributed by atoms with van der Waals surface area (Å²) in [4.78, 5) is 26.2. The Balaban J connectivity index is 1.71. The van der Waals surface area contributed by atoms with Gasteiger partial charge in [-0.15, -0.1) is 0 Å². The fourth-order valence-electron chi connectivity index (χ4n) is 3.08. The molecule has 0 spiro atoms. The van der Waals surface area contributed by atoms with E-state index in [1.807, 2.05) is 0 Å². The maximum Gasteiger partial charge on any atom is 0.416 e. The number of carbonyl (C=O) groups excluding carboxylic acids is 2. The molecule has 1 aliphatic heterocycles.